The van der Waals surface area contributed by atoms with Gasteiger partial charge in [-0.2, -0.15) is 0 Å². The van der Waals surface area contributed by atoms with Gasteiger partial charge in [-0.1, -0.05) is 31.2 Å². The van der Waals surface area contributed by atoms with E-state index in [1.807, 2.05) is 24.3 Å². The molecule has 0 atom stereocenters. The summed E-state index contributed by atoms with van der Waals surface area (Å²) < 4.78 is 22.3. The van der Waals surface area contributed by atoms with Crippen LogP contribution in [0.5, 0.6) is 23.0 Å². The Labute approximate surface area is 185 Å². The molecule has 0 aliphatic heterocycles. The maximum Gasteiger partial charge on any atom is 0.126 e. The second kappa shape index (κ2) is 9.34. The molecule has 0 aliphatic carbocycles. The molecule has 3 rings (SSSR count). The van der Waals surface area contributed by atoms with Crippen molar-refractivity contribution in [3.63, 3.8) is 0 Å². The van der Waals surface area contributed by atoms with E-state index in [2.05, 4.69) is 51.1 Å². The van der Waals surface area contributed by atoms with Gasteiger partial charge in [0, 0.05) is 11.0 Å². The molecule has 3 aromatic carbocycles. The van der Waals surface area contributed by atoms with Crippen LogP contribution in [0.25, 0.3) is 0 Å². The lowest BCUT2D eigenvalue weighted by atomic mass is 9.71. The first-order valence-corrected chi connectivity index (χ1v) is 10.3. The van der Waals surface area contributed by atoms with Gasteiger partial charge in [0.2, 0.25) is 0 Å². The average molecular weight is 420 g/mol. The molecule has 0 bridgehead atoms. The van der Waals surface area contributed by atoms with E-state index in [0.29, 0.717) is 6.42 Å². The highest BCUT2D eigenvalue weighted by Gasteiger charge is 2.33. The van der Waals surface area contributed by atoms with Gasteiger partial charge in [-0.15, -0.1) is 0 Å². The molecule has 31 heavy (non-hydrogen) atoms. The average Bonchev–Trinajstić information content (AvgIpc) is 2.78. The number of benzene rings is 3. The highest BCUT2D eigenvalue weighted by atomic mass is 16.5. The predicted octanol–water partition coefficient (Wildman–Crippen LogP) is 5.69. The third-order valence-electron chi connectivity index (χ3n) is 6.06. The van der Waals surface area contributed by atoms with Gasteiger partial charge in [-0.05, 0) is 72.9 Å². The molecule has 0 aliphatic rings. The first-order chi connectivity index (χ1) is 14.9. The van der Waals surface area contributed by atoms with E-state index >= 15 is 0 Å². The van der Waals surface area contributed by atoms with Crippen molar-refractivity contribution < 1.29 is 18.9 Å². The number of rotatable bonds is 8. The van der Waals surface area contributed by atoms with Crippen molar-refractivity contribution in [1.29, 1.82) is 0 Å². The smallest absolute Gasteiger partial charge is 0.126 e. The first kappa shape index (κ1) is 22.5. The number of aryl methyl sites for hydroxylation is 2. The summed E-state index contributed by atoms with van der Waals surface area (Å²) in [5.41, 5.74) is 5.22. The molecule has 0 unspecified atom stereocenters. The fraction of sp³-hybridized carbons (Fsp3) is 0.333. The van der Waals surface area contributed by atoms with Crippen molar-refractivity contribution in [1.82, 2.24) is 0 Å². The van der Waals surface area contributed by atoms with Gasteiger partial charge in [0.1, 0.15) is 23.0 Å². The molecule has 0 heterocycles. The summed E-state index contributed by atoms with van der Waals surface area (Å²) in [5, 5.41) is 0. The molecule has 0 N–H and O–H groups in total. The van der Waals surface area contributed by atoms with Crippen molar-refractivity contribution in [2.75, 3.05) is 28.4 Å². The van der Waals surface area contributed by atoms with Crippen LogP contribution in [0.1, 0.15) is 34.7 Å². The van der Waals surface area contributed by atoms with Crippen LogP contribution in [-0.2, 0) is 11.8 Å². The molecule has 1 radical (unpaired) electrons. The molecule has 4 heteroatoms. The quantitative estimate of drug-likeness (QED) is 0.470. The van der Waals surface area contributed by atoms with Crippen LogP contribution in [-0.4, -0.2) is 28.4 Å². The SMILES string of the molecule is COc1ccc(C(C)(Cc2c(OC)c[c]cc2OC)c2ccc(OC)c(C)c2)cc1C. The maximum atomic E-state index is 5.67. The Morgan fingerprint density at radius 1 is 0.677 bits per heavy atom. The van der Waals surface area contributed by atoms with Crippen molar-refractivity contribution >= 4 is 0 Å². The fourth-order valence-corrected chi connectivity index (χ4v) is 4.19. The number of hydrogen-bond donors (Lipinski definition) is 0. The van der Waals surface area contributed by atoms with Crippen LogP contribution in [0.2, 0.25) is 0 Å². The Morgan fingerprint density at radius 3 is 1.45 bits per heavy atom. The molecule has 0 spiro atoms. The molecule has 0 aromatic heterocycles. The van der Waals surface area contributed by atoms with Gasteiger partial charge in [-0.3, -0.25) is 0 Å². The Morgan fingerprint density at radius 2 is 1.10 bits per heavy atom. The number of methoxy groups -OCH3 is 4. The Hall–Kier alpha value is -3.14. The summed E-state index contributed by atoms with van der Waals surface area (Å²) in [7, 11) is 6.76. The van der Waals surface area contributed by atoms with Crippen LogP contribution in [0.4, 0.5) is 0 Å². The van der Waals surface area contributed by atoms with E-state index in [4.69, 9.17) is 18.9 Å². The van der Waals surface area contributed by atoms with E-state index in [9.17, 15) is 0 Å². The lowest BCUT2D eigenvalue weighted by Gasteiger charge is -2.33. The van der Waals surface area contributed by atoms with Crippen LogP contribution in [0.15, 0.2) is 48.5 Å². The Kier molecular flexibility index (Phi) is 6.79. The minimum absolute atomic E-state index is 0.351. The topological polar surface area (TPSA) is 36.9 Å². The molecule has 3 aromatic rings. The fourth-order valence-electron chi connectivity index (χ4n) is 4.19. The standard InChI is InChI=1S/C27H31O4/c1-18-15-20(11-13-23(18)28-4)27(3,21-12-14-24(29-5)19(2)16-21)17-22-25(30-6)9-8-10-26(22)31-7/h9-16H,17H2,1-7H3. The van der Waals surface area contributed by atoms with E-state index in [1.165, 1.54) is 11.1 Å². The van der Waals surface area contributed by atoms with E-state index in [-0.39, 0.29) is 5.41 Å². The zero-order chi connectivity index (χ0) is 22.6. The highest BCUT2D eigenvalue weighted by Crippen LogP contribution is 2.42. The maximum absolute atomic E-state index is 5.67. The lowest BCUT2D eigenvalue weighted by Crippen LogP contribution is -2.27. The van der Waals surface area contributed by atoms with Crippen molar-refractivity contribution in [3.05, 3.63) is 82.4 Å². The van der Waals surface area contributed by atoms with Crippen molar-refractivity contribution in [2.24, 2.45) is 0 Å². The lowest BCUT2D eigenvalue weighted by molar-refractivity contribution is 0.377. The number of ether oxygens (including phenoxy) is 4. The third kappa shape index (κ3) is 4.34. The predicted molar refractivity (Wildman–Crippen MR) is 124 cm³/mol. The van der Waals surface area contributed by atoms with Crippen LogP contribution in [0, 0.1) is 19.9 Å². The minimum atomic E-state index is -0.351. The summed E-state index contributed by atoms with van der Waals surface area (Å²) in [6.45, 7) is 6.40. The molecule has 163 valence electrons. The molecular weight excluding hydrogens is 388 g/mol. The van der Waals surface area contributed by atoms with Gasteiger partial charge in [0.25, 0.3) is 0 Å². The summed E-state index contributed by atoms with van der Waals surface area (Å²) in [4.78, 5) is 0. The Balaban J connectivity index is 2.23. The summed E-state index contributed by atoms with van der Waals surface area (Å²) in [5.74, 6) is 3.28. The summed E-state index contributed by atoms with van der Waals surface area (Å²) in [6.07, 6.45) is 0.686. The molecule has 0 saturated carbocycles. The molecule has 4 nitrogen and oxygen atoms in total. The second-order valence-corrected chi connectivity index (χ2v) is 7.95. The van der Waals surface area contributed by atoms with E-state index in [1.54, 1.807) is 28.4 Å². The monoisotopic (exact) mass is 419 g/mol. The summed E-state index contributed by atoms with van der Waals surface area (Å²) >= 11 is 0. The first-order valence-electron chi connectivity index (χ1n) is 10.3. The normalized spacial score (nSPS) is 11.2. The molecule has 0 amide bonds. The van der Waals surface area contributed by atoms with Gasteiger partial charge < -0.3 is 18.9 Å². The molecule has 0 fully saturated rings. The second-order valence-electron chi connectivity index (χ2n) is 7.95. The van der Waals surface area contributed by atoms with Crippen LogP contribution < -0.4 is 18.9 Å². The van der Waals surface area contributed by atoms with Crippen molar-refractivity contribution in [3.8, 4) is 23.0 Å². The van der Waals surface area contributed by atoms with Gasteiger partial charge >= 0.3 is 0 Å². The largest absolute Gasteiger partial charge is 0.496 e. The van der Waals surface area contributed by atoms with Crippen LogP contribution >= 0.6 is 0 Å². The molecule has 0 saturated heterocycles. The summed E-state index contributed by atoms with van der Waals surface area (Å²) in [6, 6.07) is 19.6. The minimum Gasteiger partial charge on any atom is -0.496 e. The Bertz CT molecular complexity index is 979. The van der Waals surface area contributed by atoms with Crippen molar-refractivity contribution in [2.45, 2.75) is 32.6 Å². The van der Waals surface area contributed by atoms with E-state index in [0.717, 1.165) is 39.7 Å². The number of hydrogen-bond acceptors (Lipinski definition) is 4. The third-order valence-corrected chi connectivity index (χ3v) is 6.06. The van der Waals surface area contributed by atoms with Gasteiger partial charge in [-0.25, -0.2) is 0 Å². The van der Waals surface area contributed by atoms with Gasteiger partial charge in [0.05, 0.1) is 28.4 Å². The van der Waals surface area contributed by atoms with Crippen LogP contribution in [0.3, 0.4) is 0 Å². The zero-order valence-corrected chi connectivity index (χ0v) is 19.5. The molecular formula is C27H31O4. The van der Waals surface area contributed by atoms with E-state index < -0.39 is 0 Å². The van der Waals surface area contributed by atoms with Gasteiger partial charge in [0.15, 0.2) is 0 Å². The highest BCUT2D eigenvalue weighted by molar-refractivity contribution is 5.52. The zero-order valence-electron chi connectivity index (χ0n) is 19.5.